The van der Waals surface area contributed by atoms with Crippen LogP contribution in [0.3, 0.4) is 0 Å². The molecule has 0 aliphatic carbocycles. The van der Waals surface area contributed by atoms with Gasteiger partial charge in [-0.2, -0.15) is 16.8 Å². The van der Waals surface area contributed by atoms with Crippen LogP contribution in [0.1, 0.15) is 27.7 Å². The molecular weight excluding hydrogens is 256 g/mol. The summed E-state index contributed by atoms with van der Waals surface area (Å²) >= 11 is 0. The highest BCUT2D eigenvalue weighted by molar-refractivity contribution is 7.96. The van der Waals surface area contributed by atoms with E-state index in [1.807, 2.05) is 0 Å². The molecule has 0 bridgehead atoms. The molecule has 0 N–H and O–H groups in total. The lowest BCUT2D eigenvalue weighted by Crippen LogP contribution is -2.32. The molecule has 0 saturated carbocycles. The maximum atomic E-state index is 11.7. The van der Waals surface area contributed by atoms with Gasteiger partial charge in [0.1, 0.15) is 21.0 Å². The van der Waals surface area contributed by atoms with Crippen molar-refractivity contribution in [1.29, 1.82) is 0 Å². The first-order chi connectivity index (χ1) is 6.90. The molecule has 0 fully saturated rings. The van der Waals surface area contributed by atoms with Crippen molar-refractivity contribution in [2.45, 2.75) is 38.9 Å². The van der Waals surface area contributed by atoms with E-state index in [1.165, 1.54) is 27.7 Å². The standard InChI is InChI=1S/C8H12O6S2/c1-7(2)5-6(16(11,12)13-7)8(3,4)14-15(5,9)10/h1-4H3. The van der Waals surface area contributed by atoms with E-state index in [4.69, 9.17) is 8.37 Å². The van der Waals surface area contributed by atoms with Crippen LogP contribution in [0.15, 0.2) is 9.81 Å². The van der Waals surface area contributed by atoms with E-state index < -0.39 is 31.4 Å². The zero-order chi connectivity index (χ0) is 12.6. The quantitative estimate of drug-likeness (QED) is 0.594. The van der Waals surface area contributed by atoms with E-state index in [1.54, 1.807) is 0 Å². The third-order valence-corrected chi connectivity index (χ3v) is 6.23. The summed E-state index contributed by atoms with van der Waals surface area (Å²) in [5, 5.41) is 0. The second-order valence-electron chi connectivity index (χ2n) is 4.75. The van der Waals surface area contributed by atoms with E-state index in [9.17, 15) is 16.8 Å². The maximum absolute atomic E-state index is 11.7. The van der Waals surface area contributed by atoms with E-state index in [0.717, 1.165) is 0 Å². The molecule has 2 rings (SSSR count). The van der Waals surface area contributed by atoms with Gasteiger partial charge in [-0.05, 0) is 27.7 Å². The molecule has 0 aromatic carbocycles. The predicted octanol–water partition coefficient (Wildman–Crippen LogP) is 0.475. The molecule has 6 nitrogen and oxygen atoms in total. The van der Waals surface area contributed by atoms with Crippen molar-refractivity contribution >= 4 is 20.2 Å². The average Bonchev–Trinajstić information content (AvgIpc) is 2.23. The summed E-state index contributed by atoms with van der Waals surface area (Å²) in [6.07, 6.45) is 0. The lowest BCUT2D eigenvalue weighted by molar-refractivity contribution is 0.157. The predicted molar refractivity (Wildman–Crippen MR) is 55.2 cm³/mol. The fraction of sp³-hybridized carbons (Fsp3) is 0.750. The Balaban J connectivity index is 2.90. The van der Waals surface area contributed by atoms with Crippen molar-refractivity contribution in [1.82, 2.24) is 0 Å². The van der Waals surface area contributed by atoms with Crippen LogP contribution < -0.4 is 0 Å². The Hall–Kier alpha value is -0.440. The van der Waals surface area contributed by atoms with Crippen molar-refractivity contribution in [3.05, 3.63) is 9.81 Å². The highest BCUT2D eigenvalue weighted by Crippen LogP contribution is 2.51. The Kier molecular flexibility index (Phi) is 2.02. The first-order valence-corrected chi connectivity index (χ1v) is 7.38. The van der Waals surface area contributed by atoms with Crippen molar-refractivity contribution in [2.75, 3.05) is 0 Å². The molecule has 0 amide bonds. The summed E-state index contributed by atoms with van der Waals surface area (Å²) in [5.41, 5.74) is -2.80. The van der Waals surface area contributed by atoms with Gasteiger partial charge in [0.25, 0.3) is 20.2 Å². The van der Waals surface area contributed by atoms with Gasteiger partial charge in [0.15, 0.2) is 0 Å². The first-order valence-electron chi connectivity index (χ1n) is 4.57. The monoisotopic (exact) mass is 268 g/mol. The highest BCUT2D eigenvalue weighted by atomic mass is 32.2. The lowest BCUT2D eigenvalue weighted by Gasteiger charge is -2.22. The van der Waals surface area contributed by atoms with E-state index in [-0.39, 0.29) is 9.81 Å². The zero-order valence-corrected chi connectivity index (χ0v) is 10.9. The van der Waals surface area contributed by atoms with Crippen LogP contribution >= 0.6 is 0 Å². The molecule has 0 aromatic rings. The molecule has 16 heavy (non-hydrogen) atoms. The summed E-state index contributed by atoms with van der Waals surface area (Å²) in [4.78, 5) is -0.574. The van der Waals surface area contributed by atoms with E-state index in [0.29, 0.717) is 0 Å². The van der Waals surface area contributed by atoms with Crippen LogP contribution in [0.25, 0.3) is 0 Å². The molecule has 0 radical (unpaired) electrons. The minimum atomic E-state index is -4.03. The third-order valence-electron chi connectivity index (χ3n) is 2.44. The summed E-state index contributed by atoms with van der Waals surface area (Å²) in [6.45, 7) is 5.54. The van der Waals surface area contributed by atoms with Crippen LogP contribution in [0.4, 0.5) is 0 Å². The topological polar surface area (TPSA) is 86.7 Å². The largest absolute Gasteiger partial charge is 0.298 e. The number of hydrogen-bond acceptors (Lipinski definition) is 6. The second-order valence-corrected chi connectivity index (χ2v) is 7.72. The Morgan fingerprint density at radius 2 is 1.00 bits per heavy atom. The molecule has 0 aromatic heterocycles. The van der Waals surface area contributed by atoms with Crippen LogP contribution in [0.2, 0.25) is 0 Å². The molecule has 2 heterocycles. The van der Waals surface area contributed by atoms with Gasteiger partial charge in [-0.15, -0.1) is 0 Å². The van der Waals surface area contributed by atoms with E-state index in [2.05, 4.69) is 0 Å². The first kappa shape index (κ1) is 12.0. The van der Waals surface area contributed by atoms with Gasteiger partial charge in [0, 0.05) is 0 Å². The molecule has 8 heteroatoms. The summed E-state index contributed by atoms with van der Waals surface area (Å²) < 4.78 is 56.6. The van der Waals surface area contributed by atoms with Gasteiger partial charge >= 0.3 is 0 Å². The van der Waals surface area contributed by atoms with Crippen molar-refractivity contribution in [3.8, 4) is 0 Å². The smallest absolute Gasteiger partial charge is 0.255 e. The molecule has 0 unspecified atom stereocenters. The van der Waals surface area contributed by atoms with Crippen LogP contribution in [-0.4, -0.2) is 28.0 Å². The SMILES string of the molecule is CC1(C)OS(=O)(=O)C2=C1S(=O)(=O)OC2(C)C. The molecule has 0 saturated heterocycles. The fourth-order valence-electron chi connectivity index (χ4n) is 2.08. The van der Waals surface area contributed by atoms with Crippen LogP contribution in [0.5, 0.6) is 0 Å². The second kappa shape index (κ2) is 2.69. The summed E-state index contributed by atoms with van der Waals surface area (Å²) in [7, 11) is -8.07. The minimum Gasteiger partial charge on any atom is -0.255 e. The Morgan fingerprint density at radius 1 is 0.750 bits per heavy atom. The summed E-state index contributed by atoms with van der Waals surface area (Å²) in [5.74, 6) is 0. The van der Waals surface area contributed by atoms with Gasteiger partial charge in [0.2, 0.25) is 0 Å². The van der Waals surface area contributed by atoms with Crippen LogP contribution in [-0.2, 0) is 28.6 Å². The zero-order valence-electron chi connectivity index (χ0n) is 9.27. The van der Waals surface area contributed by atoms with E-state index >= 15 is 0 Å². The van der Waals surface area contributed by atoms with Gasteiger partial charge in [-0.25, -0.2) is 0 Å². The molecule has 0 atom stereocenters. The highest BCUT2D eigenvalue weighted by Gasteiger charge is 2.61. The number of rotatable bonds is 0. The molecule has 92 valence electrons. The summed E-state index contributed by atoms with van der Waals surface area (Å²) in [6, 6.07) is 0. The van der Waals surface area contributed by atoms with Crippen LogP contribution in [0, 0.1) is 0 Å². The van der Waals surface area contributed by atoms with Gasteiger partial charge < -0.3 is 0 Å². The van der Waals surface area contributed by atoms with Crippen molar-refractivity contribution in [2.24, 2.45) is 0 Å². The Labute approximate surface area is 94.5 Å². The van der Waals surface area contributed by atoms with Gasteiger partial charge in [-0.3, -0.25) is 8.37 Å². The van der Waals surface area contributed by atoms with Crippen molar-refractivity contribution in [3.63, 3.8) is 0 Å². The fourth-order valence-corrected chi connectivity index (χ4v) is 6.46. The average molecular weight is 268 g/mol. The molecular formula is C8H12O6S2. The Bertz CT molecular complexity index is 536. The maximum Gasteiger partial charge on any atom is 0.298 e. The lowest BCUT2D eigenvalue weighted by atomic mass is 10.0. The third kappa shape index (κ3) is 1.37. The van der Waals surface area contributed by atoms with Gasteiger partial charge in [-0.1, -0.05) is 0 Å². The normalized spacial score (nSPS) is 32.8. The number of hydrogen-bond donors (Lipinski definition) is 0. The minimum absolute atomic E-state index is 0.287. The van der Waals surface area contributed by atoms with Crippen molar-refractivity contribution < 1.29 is 25.2 Å². The molecule has 2 aliphatic rings. The molecule has 0 spiro atoms. The van der Waals surface area contributed by atoms with Gasteiger partial charge in [0.05, 0.1) is 0 Å². The molecule has 2 aliphatic heterocycles. The Morgan fingerprint density at radius 3 is 1.25 bits per heavy atom.